The molecule has 0 aromatic rings. The molecule has 0 spiro atoms. The average molecular weight is 278 g/mol. The Morgan fingerprint density at radius 2 is 1.94 bits per heavy atom. The van der Waals surface area contributed by atoms with Crippen LogP contribution in [0.15, 0.2) is 0 Å². The molecule has 18 heavy (non-hydrogen) atoms. The Balaban J connectivity index is 2.57. The van der Waals surface area contributed by atoms with Gasteiger partial charge in [0.1, 0.15) is 0 Å². The lowest BCUT2D eigenvalue weighted by Gasteiger charge is -2.18. The number of hydrogen-bond acceptors (Lipinski definition) is 5. The monoisotopic (exact) mass is 278 g/mol. The summed E-state index contributed by atoms with van der Waals surface area (Å²) in [5.74, 6) is -0.243. The standard InChI is InChI=1S/C12H22O5S/c1-10(4-7-16-2)18(14,15)9-12(5-6-12)8-11(13)17-3/h10H,4-9H2,1-3H3. The quantitative estimate of drug-likeness (QED) is 0.623. The van der Waals surface area contributed by atoms with Gasteiger partial charge in [0.15, 0.2) is 9.84 Å². The summed E-state index contributed by atoms with van der Waals surface area (Å²) >= 11 is 0. The highest BCUT2D eigenvalue weighted by molar-refractivity contribution is 7.92. The number of sulfone groups is 1. The van der Waals surface area contributed by atoms with E-state index in [-0.39, 0.29) is 23.6 Å². The first-order valence-corrected chi connectivity index (χ1v) is 7.84. The van der Waals surface area contributed by atoms with Crippen LogP contribution in [0.2, 0.25) is 0 Å². The number of esters is 1. The van der Waals surface area contributed by atoms with Gasteiger partial charge in [0.25, 0.3) is 0 Å². The van der Waals surface area contributed by atoms with Crippen LogP contribution in [0.3, 0.4) is 0 Å². The van der Waals surface area contributed by atoms with Crippen molar-refractivity contribution in [1.82, 2.24) is 0 Å². The number of carbonyl (C=O) groups excluding carboxylic acids is 1. The molecule has 5 nitrogen and oxygen atoms in total. The smallest absolute Gasteiger partial charge is 0.306 e. The molecular formula is C12H22O5S. The minimum absolute atomic E-state index is 0.0833. The summed E-state index contributed by atoms with van der Waals surface area (Å²) in [7, 11) is -0.287. The van der Waals surface area contributed by atoms with Gasteiger partial charge < -0.3 is 9.47 Å². The molecule has 0 N–H and O–H groups in total. The van der Waals surface area contributed by atoms with Gasteiger partial charge in [-0.1, -0.05) is 0 Å². The van der Waals surface area contributed by atoms with Crippen molar-refractivity contribution >= 4 is 15.8 Å². The maximum atomic E-state index is 12.2. The Hall–Kier alpha value is -0.620. The van der Waals surface area contributed by atoms with Crippen LogP contribution in [0.1, 0.15) is 32.6 Å². The molecule has 6 heteroatoms. The molecular weight excluding hydrogens is 256 g/mol. The van der Waals surface area contributed by atoms with Gasteiger partial charge in [-0.05, 0) is 31.6 Å². The molecule has 1 fully saturated rings. The third kappa shape index (κ3) is 4.24. The number of hydrogen-bond donors (Lipinski definition) is 0. The van der Waals surface area contributed by atoms with Crippen LogP contribution in [0, 0.1) is 5.41 Å². The van der Waals surface area contributed by atoms with E-state index in [0.717, 1.165) is 12.8 Å². The zero-order valence-corrected chi connectivity index (χ0v) is 12.1. The van der Waals surface area contributed by atoms with E-state index in [1.54, 1.807) is 14.0 Å². The molecule has 0 saturated heterocycles. The zero-order valence-electron chi connectivity index (χ0n) is 11.3. The van der Waals surface area contributed by atoms with Gasteiger partial charge >= 0.3 is 5.97 Å². The van der Waals surface area contributed by atoms with E-state index in [4.69, 9.17) is 4.74 Å². The van der Waals surface area contributed by atoms with Crippen LogP contribution >= 0.6 is 0 Å². The number of ether oxygens (including phenoxy) is 2. The summed E-state index contributed by atoms with van der Waals surface area (Å²) < 4.78 is 33.8. The molecule has 1 saturated carbocycles. The fourth-order valence-electron chi connectivity index (χ4n) is 1.96. The fraction of sp³-hybridized carbons (Fsp3) is 0.917. The van der Waals surface area contributed by atoms with Gasteiger partial charge in [0.2, 0.25) is 0 Å². The van der Waals surface area contributed by atoms with E-state index in [2.05, 4.69) is 4.74 Å². The molecule has 0 heterocycles. The fourth-order valence-corrected chi connectivity index (χ4v) is 3.94. The van der Waals surface area contributed by atoms with Crippen molar-refractivity contribution in [3.8, 4) is 0 Å². The average Bonchev–Trinajstić information content (AvgIpc) is 3.04. The molecule has 1 rings (SSSR count). The maximum Gasteiger partial charge on any atom is 0.306 e. The van der Waals surface area contributed by atoms with Gasteiger partial charge in [-0.25, -0.2) is 8.42 Å². The largest absolute Gasteiger partial charge is 0.469 e. The highest BCUT2D eigenvalue weighted by atomic mass is 32.2. The van der Waals surface area contributed by atoms with E-state index in [0.29, 0.717) is 13.0 Å². The highest BCUT2D eigenvalue weighted by Gasteiger charge is 2.48. The SMILES string of the molecule is COCCC(C)S(=O)(=O)CC1(CC(=O)OC)CC1. The topological polar surface area (TPSA) is 69.7 Å². The minimum Gasteiger partial charge on any atom is -0.469 e. The first-order chi connectivity index (χ1) is 8.35. The van der Waals surface area contributed by atoms with E-state index in [1.807, 2.05) is 0 Å². The molecule has 1 atom stereocenters. The first kappa shape index (κ1) is 15.4. The molecule has 0 aromatic heterocycles. The predicted octanol–water partition coefficient (Wildman–Crippen LogP) is 1.17. The van der Waals surface area contributed by atoms with E-state index < -0.39 is 15.1 Å². The molecule has 0 amide bonds. The molecule has 0 bridgehead atoms. The van der Waals surface area contributed by atoms with Crippen molar-refractivity contribution in [2.75, 3.05) is 26.6 Å². The lowest BCUT2D eigenvalue weighted by Crippen LogP contribution is -2.29. The third-order valence-corrected chi connectivity index (χ3v) is 6.03. The lowest BCUT2D eigenvalue weighted by atomic mass is 10.1. The minimum atomic E-state index is -3.17. The van der Waals surface area contributed by atoms with Crippen molar-refractivity contribution in [3.63, 3.8) is 0 Å². The van der Waals surface area contributed by atoms with Crippen LogP contribution in [0.25, 0.3) is 0 Å². The van der Waals surface area contributed by atoms with E-state index >= 15 is 0 Å². The molecule has 1 aliphatic carbocycles. The van der Waals surface area contributed by atoms with Gasteiger partial charge in [-0.2, -0.15) is 0 Å². The van der Waals surface area contributed by atoms with Gasteiger partial charge in [-0.3, -0.25) is 4.79 Å². The lowest BCUT2D eigenvalue weighted by molar-refractivity contribution is -0.141. The number of rotatable bonds is 8. The summed E-state index contributed by atoms with van der Waals surface area (Å²) in [6, 6.07) is 0. The normalized spacial score (nSPS) is 19.3. The Morgan fingerprint density at radius 1 is 1.33 bits per heavy atom. The van der Waals surface area contributed by atoms with Crippen LogP contribution in [0.5, 0.6) is 0 Å². The molecule has 106 valence electrons. The van der Waals surface area contributed by atoms with Crippen LogP contribution in [-0.2, 0) is 24.1 Å². The first-order valence-electron chi connectivity index (χ1n) is 6.12. The second kappa shape index (κ2) is 6.02. The van der Waals surface area contributed by atoms with Gasteiger partial charge in [0, 0.05) is 13.7 Å². The van der Waals surface area contributed by atoms with Gasteiger partial charge in [-0.15, -0.1) is 0 Å². The molecule has 0 radical (unpaired) electrons. The van der Waals surface area contributed by atoms with Crippen LogP contribution in [0.4, 0.5) is 0 Å². The third-order valence-electron chi connectivity index (χ3n) is 3.55. The number of carbonyl (C=O) groups is 1. The highest BCUT2D eigenvalue weighted by Crippen LogP contribution is 2.50. The second-order valence-electron chi connectivity index (χ2n) is 5.15. The Labute approximate surface area is 109 Å². The summed E-state index contributed by atoms with van der Waals surface area (Å²) in [5.41, 5.74) is -0.368. The number of methoxy groups -OCH3 is 2. The van der Waals surface area contributed by atoms with E-state index in [1.165, 1.54) is 7.11 Å². The molecule has 0 aromatic carbocycles. The van der Waals surface area contributed by atoms with Crippen molar-refractivity contribution in [2.45, 2.75) is 37.9 Å². The van der Waals surface area contributed by atoms with Crippen molar-refractivity contribution < 1.29 is 22.7 Å². The summed E-state index contributed by atoms with van der Waals surface area (Å²) in [4.78, 5) is 11.3. The van der Waals surface area contributed by atoms with Gasteiger partial charge in [0.05, 0.1) is 24.5 Å². The summed E-state index contributed by atoms with van der Waals surface area (Å²) in [6.45, 7) is 2.13. The Morgan fingerprint density at radius 3 is 2.39 bits per heavy atom. The molecule has 0 aliphatic heterocycles. The zero-order chi connectivity index (χ0) is 13.8. The maximum absolute atomic E-state index is 12.2. The molecule has 1 aliphatic rings. The Kier molecular flexibility index (Phi) is 5.16. The van der Waals surface area contributed by atoms with Crippen molar-refractivity contribution in [1.29, 1.82) is 0 Å². The molecule has 1 unspecified atom stereocenters. The summed E-state index contributed by atoms with van der Waals surface area (Å²) in [5, 5.41) is -0.424. The van der Waals surface area contributed by atoms with Crippen molar-refractivity contribution in [3.05, 3.63) is 0 Å². The predicted molar refractivity (Wildman–Crippen MR) is 68.0 cm³/mol. The summed E-state index contributed by atoms with van der Waals surface area (Å²) in [6.07, 6.45) is 2.28. The Bertz CT molecular complexity index is 383. The van der Waals surface area contributed by atoms with E-state index in [9.17, 15) is 13.2 Å². The van der Waals surface area contributed by atoms with Crippen LogP contribution in [-0.4, -0.2) is 46.2 Å². The second-order valence-corrected chi connectivity index (χ2v) is 7.57. The van der Waals surface area contributed by atoms with Crippen molar-refractivity contribution in [2.24, 2.45) is 5.41 Å². The van der Waals surface area contributed by atoms with Crippen LogP contribution < -0.4 is 0 Å².